The largest absolute Gasteiger partial charge is 0.346 e. The molecule has 20 heavy (non-hydrogen) atoms. The lowest BCUT2D eigenvalue weighted by molar-refractivity contribution is -0.125. The Morgan fingerprint density at radius 3 is 2.55 bits per heavy atom. The number of halogens is 1. The van der Waals surface area contributed by atoms with Gasteiger partial charge in [-0.05, 0) is 53.1 Å². The Balaban J connectivity index is 2.48. The molecule has 2 amide bonds. The number of rotatable bonds is 5. The first-order valence-electron chi connectivity index (χ1n) is 6.40. The van der Waals surface area contributed by atoms with Gasteiger partial charge in [-0.2, -0.15) is 0 Å². The molecule has 4 N–H and O–H groups in total. The molecule has 0 bridgehead atoms. The van der Waals surface area contributed by atoms with Crippen molar-refractivity contribution >= 4 is 40.1 Å². The van der Waals surface area contributed by atoms with Gasteiger partial charge in [0.15, 0.2) is 0 Å². The molecule has 0 radical (unpaired) electrons. The molecule has 0 heterocycles. The summed E-state index contributed by atoms with van der Waals surface area (Å²) in [7, 11) is 0. The maximum absolute atomic E-state index is 11.7. The highest BCUT2D eigenvalue weighted by Crippen LogP contribution is 2.16. The Hall–Kier alpha value is -1.15. The van der Waals surface area contributed by atoms with Crippen molar-refractivity contribution in [3.8, 4) is 0 Å². The highest BCUT2D eigenvalue weighted by atomic mass is 127. The molecule has 0 fully saturated rings. The summed E-state index contributed by atoms with van der Waals surface area (Å²) in [4.78, 5) is 23.4. The molecule has 0 unspecified atom stereocenters. The van der Waals surface area contributed by atoms with Crippen molar-refractivity contribution in [3.05, 3.63) is 27.3 Å². The zero-order chi connectivity index (χ0) is 15.3. The molecule has 0 aromatic heterocycles. The monoisotopic (exact) mass is 389 g/mol. The predicted molar refractivity (Wildman–Crippen MR) is 88.3 cm³/mol. The Bertz CT molecular complexity index is 503. The molecular weight excluding hydrogens is 369 g/mol. The summed E-state index contributed by atoms with van der Waals surface area (Å²) in [6.07, 6.45) is 0. The first-order valence-corrected chi connectivity index (χ1v) is 7.48. The molecule has 1 rings (SSSR count). The van der Waals surface area contributed by atoms with Crippen molar-refractivity contribution in [1.29, 1.82) is 0 Å². The van der Waals surface area contributed by atoms with E-state index in [0.717, 1.165) is 9.13 Å². The third kappa shape index (κ3) is 5.09. The number of carbonyl (C=O) groups excluding carboxylic acids is 2. The van der Waals surface area contributed by atoms with Crippen molar-refractivity contribution < 1.29 is 9.59 Å². The van der Waals surface area contributed by atoms with Gasteiger partial charge in [0.25, 0.3) is 0 Å². The zero-order valence-corrected chi connectivity index (χ0v) is 14.0. The van der Waals surface area contributed by atoms with Gasteiger partial charge in [-0.1, -0.05) is 19.9 Å². The Morgan fingerprint density at radius 1 is 1.35 bits per heavy atom. The van der Waals surface area contributed by atoms with Crippen LogP contribution in [0.15, 0.2) is 18.2 Å². The number of benzene rings is 1. The van der Waals surface area contributed by atoms with Gasteiger partial charge in [-0.3, -0.25) is 9.59 Å². The number of nitrogens with two attached hydrogens (primary N) is 1. The van der Waals surface area contributed by atoms with Crippen LogP contribution in [0.3, 0.4) is 0 Å². The SMILES string of the molecule is Cc1ccc(NC(=O)CNC(=O)[C@@H](N)C(C)C)cc1I. The third-order valence-electron chi connectivity index (χ3n) is 2.90. The number of aryl methyl sites for hydroxylation is 1. The fourth-order valence-electron chi connectivity index (χ4n) is 1.46. The maximum atomic E-state index is 11.7. The second kappa shape index (κ2) is 7.58. The van der Waals surface area contributed by atoms with E-state index in [9.17, 15) is 9.59 Å². The molecule has 5 nitrogen and oxygen atoms in total. The first-order chi connectivity index (χ1) is 9.31. The Kier molecular flexibility index (Phi) is 6.41. The summed E-state index contributed by atoms with van der Waals surface area (Å²) in [6, 6.07) is 5.06. The summed E-state index contributed by atoms with van der Waals surface area (Å²) in [5.74, 6) is -0.542. The standard InChI is InChI=1S/C14H20IN3O2/c1-8(2)13(16)14(20)17-7-12(19)18-10-5-4-9(3)11(15)6-10/h4-6,8,13H,7,16H2,1-3H3,(H,17,20)(H,18,19)/t13-/m0/s1. The van der Waals surface area contributed by atoms with Crippen LogP contribution >= 0.6 is 22.6 Å². The van der Waals surface area contributed by atoms with Gasteiger partial charge in [-0.15, -0.1) is 0 Å². The van der Waals surface area contributed by atoms with Crippen LogP contribution in [0.25, 0.3) is 0 Å². The molecule has 110 valence electrons. The third-order valence-corrected chi connectivity index (χ3v) is 4.06. The second-order valence-corrected chi connectivity index (χ2v) is 6.16. The maximum Gasteiger partial charge on any atom is 0.243 e. The van der Waals surface area contributed by atoms with Crippen LogP contribution in [0.2, 0.25) is 0 Å². The van der Waals surface area contributed by atoms with Gasteiger partial charge >= 0.3 is 0 Å². The van der Waals surface area contributed by atoms with E-state index in [1.807, 2.05) is 39.0 Å². The first kappa shape index (κ1) is 16.9. The minimum absolute atomic E-state index is 0.0386. The summed E-state index contributed by atoms with van der Waals surface area (Å²) in [5.41, 5.74) is 7.56. The molecule has 1 atom stereocenters. The number of hydrogen-bond donors (Lipinski definition) is 3. The van der Waals surface area contributed by atoms with Crippen molar-refractivity contribution in [2.24, 2.45) is 11.7 Å². The lowest BCUT2D eigenvalue weighted by atomic mass is 10.1. The van der Waals surface area contributed by atoms with E-state index >= 15 is 0 Å². The molecule has 0 spiro atoms. The van der Waals surface area contributed by atoms with Gasteiger partial charge < -0.3 is 16.4 Å². The average Bonchev–Trinajstić information content (AvgIpc) is 2.39. The molecule has 1 aromatic rings. The average molecular weight is 389 g/mol. The highest BCUT2D eigenvalue weighted by Gasteiger charge is 2.17. The fourth-order valence-corrected chi connectivity index (χ4v) is 1.98. The highest BCUT2D eigenvalue weighted by molar-refractivity contribution is 14.1. The lowest BCUT2D eigenvalue weighted by Gasteiger charge is -2.15. The fraction of sp³-hybridized carbons (Fsp3) is 0.429. The number of amides is 2. The van der Waals surface area contributed by atoms with Gasteiger partial charge in [0.2, 0.25) is 11.8 Å². The lowest BCUT2D eigenvalue weighted by Crippen LogP contribution is -2.46. The molecule has 0 saturated carbocycles. The summed E-state index contributed by atoms with van der Waals surface area (Å²) in [6.45, 7) is 5.64. The topological polar surface area (TPSA) is 84.2 Å². The molecule has 0 saturated heterocycles. The van der Waals surface area contributed by atoms with Gasteiger partial charge in [0.05, 0.1) is 12.6 Å². The van der Waals surface area contributed by atoms with Crippen LogP contribution < -0.4 is 16.4 Å². The minimum atomic E-state index is -0.594. The van der Waals surface area contributed by atoms with Crippen LogP contribution in [0, 0.1) is 16.4 Å². The van der Waals surface area contributed by atoms with Crippen molar-refractivity contribution in [1.82, 2.24) is 5.32 Å². The van der Waals surface area contributed by atoms with E-state index in [1.165, 1.54) is 0 Å². The van der Waals surface area contributed by atoms with Crippen LogP contribution in [0.5, 0.6) is 0 Å². The molecular formula is C14H20IN3O2. The minimum Gasteiger partial charge on any atom is -0.346 e. The van der Waals surface area contributed by atoms with Crippen LogP contribution in [-0.2, 0) is 9.59 Å². The molecule has 1 aromatic carbocycles. The van der Waals surface area contributed by atoms with Gasteiger partial charge in [-0.25, -0.2) is 0 Å². The number of carbonyl (C=O) groups is 2. The van der Waals surface area contributed by atoms with E-state index < -0.39 is 6.04 Å². The normalized spacial score (nSPS) is 12.1. The Morgan fingerprint density at radius 2 is 2.00 bits per heavy atom. The quantitative estimate of drug-likeness (QED) is 0.670. The van der Waals surface area contributed by atoms with Crippen molar-refractivity contribution in [3.63, 3.8) is 0 Å². The summed E-state index contributed by atoms with van der Waals surface area (Å²) in [5, 5.41) is 5.27. The summed E-state index contributed by atoms with van der Waals surface area (Å²) < 4.78 is 1.08. The molecule has 0 aliphatic carbocycles. The van der Waals surface area contributed by atoms with E-state index in [0.29, 0.717) is 5.69 Å². The molecule has 6 heteroatoms. The van der Waals surface area contributed by atoms with E-state index in [-0.39, 0.29) is 24.3 Å². The van der Waals surface area contributed by atoms with Gasteiger partial charge in [0.1, 0.15) is 0 Å². The van der Waals surface area contributed by atoms with Crippen LogP contribution in [0.4, 0.5) is 5.69 Å². The Labute approximate surface area is 132 Å². The smallest absolute Gasteiger partial charge is 0.243 e. The van der Waals surface area contributed by atoms with Gasteiger partial charge in [0, 0.05) is 9.26 Å². The second-order valence-electron chi connectivity index (χ2n) is 5.00. The zero-order valence-electron chi connectivity index (χ0n) is 11.9. The summed E-state index contributed by atoms with van der Waals surface area (Å²) >= 11 is 2.21. The van der Waals surface area contributed by atoms with E-state index in [4.69, 9.17) is 5.73 Å². The van der Waals surface area contributed by atoms with Crippen LogP contribution in [0.1, 0.15) is 19.4 Å². The number of hydrogen-bond acceptors (Lipinski definition) is 3. The predicted octanol–water partition coefficient (Wildman–Crippen LogP) is 1.64. The number of nitrogens with one attached hydrogen (secondary N) is 2. The van der Waals surface area contributed by atoms with Crippen LogP contribution in [-0.4, -0.2) is 24.4 Å². The molecule has 0 aliphatic heterocycles. The molecule has 0 aliphatic rings. The van der Waals surface area contributed by atoms with Crippen molar-refractivity contribution in [2.75, 3.05) is 11.9 Å². The van der Waals surface area contributed by atoms with E-state index in [1.54, 1.807) is 0 Å². The van der Waals surface area contributed by atoms with Crippen molar-refractivity contribution in [2.45, 2.75) is 26.8 Å². The number of anilines is 1. The van der Waals surface area contributed by atoms with E-state index in [2.05, 4.69) is 33.2 Å².